The molecule has 2 N–H and O–H groups in total. The molecule has 1 rings (SSSR count). The normalized spacial score (nSPS) is 24.6. The molecule has 72 valence electrons. The highest BCUT2D eigenvalue weighted by Gasteiger charge is 2.19. The Morgan fingerprint density at radius 1 is 1.75 bits per heavy atom. The Labute approximate surface area is 78.3 Å². The molecule has 0 aromatic heterocycles. The molecule has 0 aliphatic carbocycles. The van der Waals surface area contributed by atoms with Crippen LogP contribution in [0.3, 0.4) is 0 Å². The van der Waals surface area contributed by atoms with Crippen molar-refractivity contribution in [1.29, 1.82) is 0 Å². The maximum Gasteiger partial charge on any atom is 0.317 e. The van der Waals surface area contributed by atoms with Crippen LogP contribution in [0.2, 0.25) is 0 Å². The monoisotopic (exact) mass is 194 g/mol. The van der Waals surface area contributed by atoms with Gasteiger partial charge in [-0.15, -0.1) is 12.4 Å². The summed E-state index contributed by atoms with van der Waals surface area (Å²) >= 11 is 0. The number of rotatable bonds is 2. The lowest BCUT2D eigenvalue weighted by Gasteiger charge is -2.32. The molecule has 0 radical (unpaired) electrons. The SMILES string of the molecule is CC1CNCCN1CC(=O)O.Cl. The van der Waals surface area contributed by atoms with Gasteiger partial charge in [-0.1, -0.05) is 0 Å². The van der Waals surface area contributed by atoms with E-state index in [1.165, 1.54) is 0 Å². The number of hydrogen-bond acceptors (Lipinski definition) is 3. The van der Waals surface area contributed by atoms with Gasteiger partial charge in [0.1, 0.15) is 0 Å². The minimum absolute atomic E-state index is 0. The van der Waals surface area contributed by atoms with Crippen LogP contribution in [0.4, 0.5) is 0 Å². The molecule has 0 aromatic carbocycles. The Bertz CT molecular complexity index is 154. The van der Waals surface area contributed by atoms with E-state index in [0.717, 1.165) is 19.6 Å². The van der Waals surface area contributed by atoms with Crippen LogP contribution in [-0.2, 0) is 4.79 Å². The van der Waals surface area contributed by atoms with Crippen molar-refractivity contribution in [1.82, 2.24) is 10.2 Å². The van der Waals surface area contributed by atoms with Crippen LogP contribution in [0, 0.1) is 0 Å². The quantitative estimate of drug-likeness (QED) is 0.639. The van der Waals surface area contributed by atoms with Crippen LogP contribution < -0.4 is 5.32 Å². The first-order valence-corrected chi connectivity index (χ1v) is 3.86. The fourth-order valence-electron chi connectivity index (χ4n) is 1.29. The average molecular weight is 195 g/mol. The first-order chi connectivity index (χ1) is 5.20. The van der Waals surface area contributed by atoms with E-state index < -0.39 is 5.97 Å². The lowest BCUT2D eigenvalue weighted by atomic mass is 10.2. The summed E-state index contributed by atoms with van der Waals surface area (Å²) in [6, 6.07) is 0.347. The Hall–Kier alpha value is -0.320. The van der Waals surface area contributed by atoms with Crippen molar-refractivity contribution in [3.8, 4) is 0 Å². The number of carboxylic acid groups (broad SMARTS) is 1. The Morgan fingerprint density at radius 2 is 2.42 bits per heavy atom. The zero-order chi connectivity index (χ0) is 8.27. The van der Waals surface area contributed by atoms with Crippen LogP contribution in [0.5, 0.6) is 0 Å². The third-order valence-electron chi connectivity index (χ3n) is 1.98. The number of carboxylic acids is 1. The topological polar surface area (TPSA) is 52.6 Å². The second-order valence-electron chi connectivity index (χ2n) is 2.92. The van der Waals surface area contributed by atoms with Gasteiger partial charge in [0.15, 0.2) is 0 Å². The molecule has 1 fully saturated rings. The minimum atomic E-state index is -0.737. The summed E-state index contributed by atoms with van der Waals surface area (Å²) in [7, 11) is 0. The number of nitrogens with zero attached hydrogens (tertiary/aromatic N) is 1. The molecule has 0 amide bonds. The molecule has 1 atom stereocenters. The van der Waals surface area contributed by atoms with Gasteiger partial charge < -0.3 is 10.4 Å². The van der Waals surface area contributed by atoms with Gasteiger partial charge >= 0.3 is 5.97 Å². The highest BCUT2D eigenvalue weighted by molar-refractivity contribution is 5.85. The Morgan fingerprint density at radius 3 is 2.92 bits per heavy atom. The lowest BCUT2D eigenvalue weighted by molar-refractivity contribution is -0.139. The van der Waals surface area contributed by atoms with Gasteiger partial charge in [-0.25, -0.2) is 0 Å². The first-order valence-electron chi connectivity index (χ1n) is 3.86. The van der Waals surface area contributed by atoms with Crippen LogP contribution in [0.1, 0.15) is 6.92 Å². The predicted octanol–water partition coefficient (Wildman–Crippen LogP) is -0.214. The van der Waals surface area contributed by atoms with Gasteiger partial charge in [0, 0.05) is 25.7 Å². The van der Waals surface area contributed by atoms with E-state index in [0.29, 0.717) is 6.04 Å². The van der Waals surface area contributed by atoms with Gasteiger partial charge in [-0.3, -0.25) is 9.69 Å². The first kappa shape index (κ1) is 11.7. The maximum atomic E-state index is 10.4. The highest BCUT2D eigenvalue weighted by atomic mass is 35.5. The van der Waals surface area contributed by atoms with Crippen LogP contribution in [-0.4, -0.2) is 48.2 Å². The number of carbonyl (C=O) groups is 1. The van der Waals surface area contributed by atoms with Gasteiger partial charge in [-0.2, -0.15) is 0 Å². The van der Waals surface area contributed by atoms with Crippen LogP contribution in [0.25, 0.3) is 0 Å². The molecule has 1 aliphatic rings. The lowest BCUT2D eigenvalue weighted by Crippen LogP contribution is -2.51. The van der Waals surface area contributed by atoms with Crippen molar-refractivity contribution in [3.63, 3.8) is 0 Å². The molecule has 0 aromatic rings. The van der Waals surface area contributed by atoms with Gasteiger partial charge in [0.05, 0.1) is 6.54 Å². The Kier molecular flexibility index (Phi) is 5.20. The van der Waals surface area contributed by atoms with Crippen molar-refractivity contribution < 1.29 is 9.90 Å². The number of aliphatic carboxylic acids is 1. The molecule has 1 unspecified atom stereocenters. The molecule has 0 spiro atoms. The molecule has 4 nitrogen and oxygen atoms in total. The molecule has 1 saturated heterocycles. The third kappa shape index (κ3) is 3.38. The molecule has 1 aliphatic heterocycles. The standard InChI is InChI=1S/C7H14N2O2.ClH/c1-6-4-8-2-3-9(6)5-7(10)11;/h6,8H,2-5H2,1H3,(H,10,11);1H. The van der Waals surface area contributed by atoms with Gasteiger partial charge in [0.2, 0.25) is 0 Å². The largest absolute Gasteiger partial charge is 0.480 e. The summed E-state index contributed by atoms with van der Waals surface area (Å²) in [5.41, 5.74) is 0. The van der Waals surface area contributed by atoms with E-state index in [2.05, 4.69) is 5.32 Å². The molecule has 0 bridgehead atoms. The predicted molar refractivity (Wildman–Crippen MR) is 48.8 cm³/mol. The molecular formula is C7H15ClN2O2. The van der Waals surface area contributed by atoms with E-state index in [1.807, 2.05) is 11.8 Å². The van der Waals surface area contributed by atoms with Gasteiger partial charge in [-0.05, 0) is 6.92 Å². The molecule has 5 heteroatoms. The minimum Gasteiger partial charge on any atom is -0.480 e. The summed E-state index contributed by atoms with van der Waals surface area (Å²) in [4.78, 5) is 12.3. The average Bonchev–Trinajstić information content (AvgIpc) is 1.93. The van der Waals surface area contributed by atoms with E-state index in [9.17, 15) is 4.79 Å². The molecule has 0 saturated carbocycles. The third-order valence-corrected chi connectivity index (χ3v) is 1.98. The smallest absolute Gasteiger partial charge is 0.317 e. The second-order valence-corrected chi connectivity index (χ2v) is 2.92. The second kappa shape index (κ2) is 5.35. The van der Waals surface area contributed by atoms with E-state index in [-0.39, 0.29) is 19.0 Å². The molecule has 1 heterocycles. The van der Waals surface area contributed by atoms with Crippen molar-refractivity contribution in [3.05, 3.63) is 0 Å². The van der Waals surface area contributed by atoms with E-state index in [1.54, 1.807) is 0 Å². The van der Waals surface area contributed by atoms with Gasteiger partial charge in [0.25, 0.3) is 0 Å². The zero-order valence-corrected chi connectivity index (χ0v) is 7.93. The van der Waals surface area contributed by atoms with E-state index >= 15 is 0 Å². The number of hydrogen-bond donors (Lipinski definition) is 2. The fraction of sp³-hybridized carbons (Fsp3) is 0.857. The molecule has 12 heavy (non-hydrogen) atoms. The van der Waals surface area contributed by atoms with Crippen LogP contribution >= 0.6 is 12.4 Å². The number of nitrogens with one attached hydrogen (secondary N) is 1. The van der Waals surface area contributed by atoms with Crippen LogP contribution in [0.15, 0.2) is 0 Å². The summed E-state index contributed by atoms with van der Waals surface area (Å²) < 4.78 is 0. The maximum absolute atomic E-state index is 10.4. The van der Waals surface area contributed by atoms with E-state index in [4.69, 9.17) is 5.11 Å². The number of halogens is 1. The summed E-state index contributed by atoms with van der Waals surface area (Å²) in [6.07, 6.45) is 0. The summed E-state index contributed by atoms with van der Waals surface area (Å²) in [5.74, 6) is -0.737. The number of piperazine rings is 1. The van der Waals surface area contributed by atoms with Crippen molar-refractivity contribution in [2.45, 2.75) is 13.0 Å². The fourth-order valence-corrected chi connectivity index (χ4v) is 1.29. The zero-order valence-electron chi connectivity index (χ0n) is 7.12. The Balaban J connectivity index is 0.00000121. The highest BCUT2D eigenvalue weighted by Crippen LogP contribution is 2.00. The van der Waals surface area contributed by atoms with Crippen molar-refractivity contribution in [2.24, 2.45) is 0 Å². The molecular weight excluding hydrogens is 180 g/mol. The summed E-state index contributed by atoms with van der Waals surface area (Å²) in [6.45, 7) is 4.84. The van der Waals surface area contributed by atoms with Crippen molar-refractivity contribution in [2.75, 3.05) is 26.2 Å². The summed E-state index contributed by atoms with van der Waals surface area (Å²) in [5, 5.41) is 11.7. The van der Waals surface area contributed by atoms with Crippen molar-refractivity contribution >= 4 is 18.4 Å².